The van der Waals surface area contributed by atoms with Crippen LogP contribution < -0.4 is 0 Å². The molecule has 0 amide bonds. The van der Waals surface area contributed by atoms with Crippen LogP contribution in [0.4, 0.5) is 0 Å². The van der Waals surface area contributed by atoms with Gasteiger partial charge in [-0.1, -0.05) is 41.6 Å². The molecule has 2 aromatic heterocycles. The molecule has 0 radical (unpaired) electrons. The van der Waals surface area contributed by atoms with Crippen LogP contribution in [-0.4, -0.2) is 15.0 Å². The second-order valence-corrected chi connectivity index (χ2v) is 6.22. The first-order valence-corrected chi connectivity index (χ1v) is 7.68. The van der Waals surface area contributed by atoms with Crippen molar-refractivity contribution in [3.63, 3.8) is 0 Å². The Hall–Kier alpha value is -1.33. The summed E-state index contributed by atoms with van der Waals surface area (Å²) in [6.45, 7) is 2.10. The number of halogens is 1. The molecule has 0 saturated carbocycles. The fraction of sp³-hybridized carbons (Fsp3) is 0.143. The van der Waals surface area contributed by atoms with E-state index in [-0.39, 0.29) is 0 Å². The van der Waals surface area contributed by atoms with Crippen molar-refractivity contribution in [1.82, 2.24) is 15.0 Å². The number of pyridine rings is 1. The number of thioether (sulfide) groups is 1. The molecular weight excluding hydrogens is 322 g/mol. The van der Waals surface area contributed by atoms with E-state index >= 15 is 0 Å². The second-order valence-electron chi connectivity index (χ2n) is 4.34. The Morgan fingerprint density at radius 1 is 1.26 bits per heavy atom. The molecule has 1 N–H and O–H groups in total. The Balaban J connectivity index is 1.76. The van der Waals surface area contributed by atoms with Crippen LogP contribution in [0.5, 0.6) is 0 Å². The van der Waals surface area contributed by atoms with E-state index in [0.29, 0.717) is 0 Å². The summed E-state index contributed by atoms with van der Waals surface area (Å²) in [4.78, 5) is 12.0. The summed E-state index contributed by atoms with van der Waals surface area (Å²) in [6, 6.07) is 10.6. The monoisotopic (exact) mass is 333 g/mol. The van der Waals surface area contributed by atoms with Gasteiger partial charge in [0.15, 0.2) is 10.8 Å². The van der Waals surface area contributed by atoms with Gasteiger partial charge in [-0.15, -0.1) is 0 Å². The number of rotatable bonds is 3. The lowest BCUT2D eigenvalue weighted by Gasteiger charge is -1.99. The van der Waals surface area contributed by atoms with Gasteiger partial charge in [0.05, 0.1) is 5.52 Å². The molecule has 19 heavy (non-hydrogen) atoms. The molecule has 5 heteroatoms. The number of imidazole rings is 1. The second kappa shape index (κ2) is 5.35. The molecule has 0 unspecified atom stereocenters. The van der Waals surface area contributed by atoms with Crippen LogP contribution in [0.15, 0.2) is 46.2 Å². The first-order valence-electron chi connectivity index (χ1n) is 5.90. The van der Waals surface area contributed by atoms with Crippen molar-refractivity contribution in [2.24, 2.45) is 0 Å². The Labute approximate surface area is 124 Å². The van der Waals surface area contributed by atoms with Crippen LogP contribution in [0, 0.1) is 6.92 Å². The highest BCUT2D eigenvalue weighted by Gasteiger charge is 2.05. The normalized spacial score (nSPS) is 11.1. The molecule has 0 saturated heterocycles. The van der Waals surface area contributed by atoms with E-state index in [4.69, 9.17) is 0 Å². The van der Waals surface area contributed by atoms with Crippen molar-refractivity contribution < 1.29 is 0 Å². The minimum atomic E-state index is 0.759. The fourth-order valence-corrected chi connectivity index (χ4v) is 2.92. The number of hydrogen-bond acceptors (Lipinski definition) is 3. The zero-order chi connectivity index (χ0) is 13.2. The predicted molar refractivity (Wildman–Crippen MR) is 82.3 cm³/mol. The van der Waals surface area contributed by atoms with E-state index in [9.17, 15) is 0 Å². The summed E-state index contributed by atoms with van der Waals surface area (Å²) in [7, 11) is 0. The quantitative estimate of drug-likeness (QED) is 0.725. The minimum absolute atomic E-state index is 0.759. The molecule has 3 rings (SSSR count). The molecule has 0 aliphatic rings. The van der Waals surface area contributed by atoms with Gasteiger partial charge >= 0.3 is 0 Å². The van der Waals surface area contributed by atoms with Gasteiger partial charge in [0.2, 0.25) is 0 Å². The summed E-state index contributed by atoms with van der Waals surface area (Å²) >= 11 is 5.10. The Morgan fingerprint density at radius 2 is 2.05 bits per heavy atom. The topological polar surface area (TPSA) is 41.6 Å². The smallest absolute Gasteiger partial charge is 0.178 e. The molecule has 3 nitrogen and oxygen atoms in total. The third-order valence-corrected chi connectivity index (χ3v) is 4.16. The largest absolute Gasteiger partial charge is 0.331 e. The summed E-state index contributed by atoms with van der Waals surface area (Å²) in [5, 5.41) is 0.904. The predicted octanol–water partition coefficient (Wildman–Crippen LogP) is 4.32. The summed E-state index contributed by atoms with van der Waals surface area (Å²) in [5.41, 5.74) is 4.30. The molecule has 0 atom stereocenters. The average molecular weight is 334 g/mol. The highest BCUT2D eigenvalue weighted by atomic mass is 79.9. The van der Waals surface area contributed by atoms with E-state index < -0.39 is 0 Å². The Morgan fingerprint density at radius 3 is 2.84 bits per heavy atom. The number of aryl methyl sites for hydroxylation is 1. The first kappa shape index (κ1) is 12.7. The third-order valence-electron chi connectivity index (χ3n) is 2.78. The van der Waals surface area contributed by atoms with Crippen molar-refractivity contribution in [1.29, 1.82) is 0 Å². The van der Waals surface area contributed by atoms with Crippen LogP contribution >= 0.6 is 27.7 Å². The Kier molecular flexibility index (Phi) is 3.57. The molecule has 2 heterocycles. The third kappa shape index (κ3) is 2.98. The van der Waals surface area contributed by atoms with Crippen molar-refractivity contribution in [2.75, 3.05) is 0 Å². The van der Waals surface area contributed by atoms with E-state index in [1.165, 1.54) is 11.1 Å². The molecular formula is C14H12BrN3S. The van der Waals surface area contributed by atoms with Crippen molar-refractivity contribution in [2.45, 2.75) is 17.8 Å². The van der Waals surface area contributed by atoms with Crippen LogP contribution in [-0.2, 0) is 5.75 Å². The molecule has 0 spiro atoms. The number of aromatic nitrogens is 3. The van der Waals surface area contributed by atoms with Crippen molar-refractivity contribution >= 4 is 38.9 Å². The van der Waals surface area contributed by atoms with Gasteiger partial charge in [-0.25, -0.2) is 9.97 Å². The number of hydrogen-bond donors (Lipinski definition) is 1. The van der Waals surface area contributed by atoms with Crippen LogP contribution in [0.25, 0.3) is 11.2 Å². The number of nitrogens with one attached hydrogen (secondary N) is 1. The lowest BCUT2D eigenvalue weighted by molar-refractivity contribution is 1.07. The SMILES string of the molecule is Cc1ccc(CSc2nc3ncc(Br)cc3[nH]2)cc1. The number of benzene rings is 1. The highest BCUT2D eigenvalue weighted by molar-refractivity contribution is 9.10. The number of aromatic amines is 1. The Bertz CT molecular complexity index is 706. The standard InChI is InChI=1S/C14H12BrN3S/c1-9-2-4-10(5-3-9)8-19-14-17-12-6-11(15)7-16-13(12)18-14/h2-7H,8H2,1H3,(H,16,17,18). The molecule has 0 fully saturated rings. The minimum Gasteiger partial charge on any atom is -0.331 e. The molecule has 0 aliphatic carbocycles. The zero-order valence-corrected chi connectivity index (χ0v) is 12.8. The van der Waals surface area contributed by atoms with Crippen LogP contribution in [0.3, 0.4) is 0 Å². The highest BCUT2D eigenvalue weighted by Crippen LogP contribution is 2.23. The summed E-state index contributed by atoms with van der Waals surface area (Å²) in [6.07, 6.45) is 1.76. The van der Waals surface area contributed by atoms with Crippen LogP contribution in [0.2, 0.25) is 0 Å². The molecule has 3 aromatic rings. The van der Waals surface area contributed by atoms with Gasteiger partial charge in [-0.2, -0.15) is 0 Å². The first-order chi connectivity index (χ1) is 9.20. The van der Waals surface area contributed by atoms with Gasteiger partial charge in [-0.05, 0) is 34.5 Å². The molecule has 0 bridgehead atoms. The van der Waals surface area contributed by atoms with Crippen LogP contribution in [0.1, 0.15) is 11.1 Å². The maximum absolute atomic E-state index is 4.46. The van der Waals surface area contributed by atoms with Crippen molar-refractivity contribution in [3.8, 4) is 0 Å². The number of H-pyrrole nitrogens is 1. The molecule has 96 valence electrons. The van der Waals surface area contributed by atoms with Gasteiger partial charge in [0.25, 0.3) is 0 Å². The van der Waals surface area contributed by atoms with Crippen molar-refractivity contribution in [3.05, 3.63) is 52.1 Å². The molecule has 0 aliphatic heterocycles. The lowest BCUT2D eigenvalue weighted by atomic mass is 10.2. The fourth-order valence-electron chi connectivity index (χ4n) is 1.76. The number of nitrogens with zero attached hydrogens (tertiary/aromatic N) is 2. The van der Waals surface area contributed by atoms with Gasteiger partial charge < -0.3 is 4.98 Å². The maximum Gasteiger partial charge on any atom is 0.178 e. The summed E-state index contributed by atoms with van der Waals surface area (Å²) < 4.78 is 0.957. The van der Waals surface area contributed by atoms with E-state index in [0.717, 1.165) is 26.5 Å². The lowest BCUT2D eigenvalue weighted by Crippen LogP contribution is -1.82. The van der Waals surface area contributed by atoms with Gasteiger partial charge in [0, 0.05) is 16.4 Å². The van der Waals surface area contributed by atoms with E-state index in [1.54, 1.807) is 18.0 Å². The number of fused-ring (bicyclic) bond motifs is 1. The van der Waals surface area contributed by atoms with E-state index in [1.807, 2.05) is 6.07 Å². The zero-order valence-electron chi connectivity index (χ0n) is 10.4. The maximum atomic E-state index is 4.46. The van der Waals surface area contributed by atoms with Gasteiger partial charge in [-0.3, -0.25) is 0 Å². The van der Waals surface area contributed by atoms with Gasteiger partial charge in [0.1, 0.15) is 0 Å². The molecule has 1 aromatic carbocycles. The average Bonchev–Trinajstić information content (AvgIpc) is 2.80. The summed E-state index contributed by atoms with van der Waals surface area (Å²) in [5.74, 6) is 0.904. The van der Waals surface area contributed by atoms with E-state index in [2.05, 4.69) is 62.1 Å².